The number of hydrogen-bond donors (Lipinski definition) is 1. The summed E-state index contributed by atoms with van der Waals surface area (Å²) < 4.78 is 5.53. The van der Waals surface area contributed by atoms with E-state index < -0.39 is 0 Å². The Kier molecular flexibility index (Phi) is 5.23. The van der Waals surface area contributed by atoms with E-state index in [0.717, 1.165) is 24.4 Å². The third-order valence-corrected chi connectivity index (χ3v) is 3.05. The van der Waals surface area contributed by atoms with Crippen molar-refractivity contribution >= 4 is 0 Å². The molecule has 102 valence electrons. The molecule has 0 spiro atoms. The van der Waals surface area contributed by atoms with Gasteiger partial charge in [0.2, 0.25) is 0 Å². The minimum absolute atomic E-state index is 0.301. The van der Waals surface area contributed by atoms with E-state index in [1.54, 1.807) is 0 Å². The molecule has 0 aromatic heterocycles. The molecular formula is C18H19NO. The van der Waals surface area contributed by atoms with Crippen LogP contribution in [0.4, 0.5) is 0 Å². The van der Waals surface area contributed by atoms with E-state index in [9.17, 15) is 0 Å². The zero-order valence-corrected chi connectivity index (χ0v) is 11.7. The first-order valence-electron chi connectivity index (χ1n) is 6.70. The molecule has 0 fully saturated rings. The number of benzene rings is 2. The van der Waals surface area contributed by atoms with Gasteiger partial charge in [-0.3, -0.25) is 0 Å². The Morgan fingerprint density at radius 3 is 2.55 bits per heavy atom. The Bertz CT molecular complexity index is 581. The maximum absolute atomic E-state index is 5.53. The fraction of sp³-hybridized carbons (Fsp3) is 0.222. The quantitative estimate of drug-likeness (QED) is 0.809. The molecule has 0 amide bonds. The predicted octanol–water partition coefficient (Wildman–Crippen LogP) is 3.30. The standard InChI is InChI=1S/C18H19NO/c1-3-12-20-18-7-5-4-6-17(18)14-19-13-16-10-8-15(2)9-11-16/h1,4-11,19H,12-14H2,2H3. The second kappa shape index (κ2) is 7.37. The van der Waals surface area contributed by atoms with Crippen LogP contribution in [0.2, 0.25) is 0 Å². The van der Waals surface area contributed by atoms with Gasteiger partial charge in [0, 0.05) is 18.7 Å². The van der Waals surface area contributed by atoms with Crippen LogP contribution in [0.15, 0.2) is 48.5 Å². The highest BCUT2D eigenvalue weighted by atomic mass is 16.5. The summed E-state index contributed by atoms with van der Waals surface area (Å²) in [5.74, 6) is 3.34. The molecule has 2 aromatic rings. The van der Waals surface area contributed by atoms with Crippen molar-refractivity contribution in [2.75, 3.05) is 6.61 Å². The third kappa shape index (κ3) is 4.15. The van der Waals surface area contributed by atoms with E-state index in [-0.39, 0.29) is 0 Å². The highest BCUT2D eigenvalue weighted by Crippen LogP contribution is 2.17. The molecule has 0 saturated heterocycles. The summed E-state index contributed by atoms with van der Waals surface area (Å²) >= 11 is 0. The Labute approximate surface area is 120 Å². The molecule has 0 aliphatic rings. The summed E-state index contributed by atoms with van der Waals surface area (Å²) in [5.41, 5.74) is 3.68. The van der Waals surface area contributed by atoms with Gasteiger partial charge in [-0.15, -0.1) is 6.42 Å². The van der Waals surface area contributed by atoms with Crippen LogP contribution in [0.3, 0.4) is 0 Å². The van der Waals surface area contributed by atoms with Gasteiger partial charge in [-0.1, -0.05) is 53.9 Å². The van der Waals surface area contributed by atoms with Crippen LogP contribution in [0.5, 0.6) is 5.75 Å². The summed E-state index contributed by atoms with van der Waals surface area (Å²) in [7, 11) is 0. The zero-order valence-electron chi connectivity index (χ0n) is 11.7. The first-order chi connectivity index (χ1) is 9.79. The molecule has 0 bridgehead atoms. The summed E-state index contributed by atoms with van der Waals surface area (Å²) in [6.07, 6.45) is 5.22. The van der Waals surface area contributed by atoms with Crippen molar-refractivity contribution in [2.45, 2.75) is 20.0 Å². The molecule has 0 atom stereocenters. The van der Waals surface area contributed by atoms with Crippen molar-refractivity contribution in [1.82, 2.24) is 5.32 Å². The van der Waals surface area contributed by atoms with Crippen LogP contribution < -0.4 is 10.1 Å². The number of rotatable bonds is 6. The number of terminal acetylenes is 1. The topological polar surface area (TPSA) is 21.3 Å². The lowest BCUT2D eigenvalue weighted by molar-refractivity contribution is 0.365. The van der Waals surface area contributed by atoms with Gasteiger partial charge in [0.1, 0.15) is 12.4 Å². The van der Waals surface area contributed by atoms with Crippen LogP contribution in [0.25, 0.3) is 0 Å². The Morgan fingerprint density at radius 2 is 1.80 bits per heavy atom. The van der Waals surface area contributed by atoms with E-state index in [2.05, 4.69) is 42.4 Å². The van der Waals surface area contributed by atoms with Gasteiger partial charge in [0.05, 0.1) is 0 Å². The van der Waals surface area contributed by atoms with Gasteiger partial charge in [0.15, 0.2) is 0 Å². The van der Waals surface area contributed by atoms with E-state index in [1.165, 1.54) is 11.1 Å². The third-order valence-electron chi connectivity index (χ3n) is 3.05. The summed E-state index contributed by atoms with van der Waals surface area (Å²) in [5, 5.41) is 3.42. The molecule has 0 unspecified atom stereocenters. The average Bonchev–Trinajstić information content (AvgIpc) is 2.48. The van der Waals surface area contributed by atoms with Crippen LogP contribution in [-0.4, -0.2) is 6.61 Å². The van der Waals surface area contributed by atoms with Crippen LogP contribution in [0.1, 0.15) is 16.7 Å². The number of ether oxygens (including phenoxy) is 1. The maximum Gasteiger partial charge on any atom is 0.148 e. The number of hydrogen-bond acceptors (Lipinski definition) is 2. The SMILES string of the molecule is C#CCOc1ccccc1CNCc1ccc(C)cc1. The van der Waals surface area contributed by atoms with Crippen molar-refractivity contribution in [3.05, 3.63) is 65.2 Å². The molecule has 0 radical (unpaired) electrons. The zero-order chi connectivity index (χ0) is 14.2. The molecule has 0 saturated carbocycles. The van der Waals surface area contributed by atoms with Gasteiger partial charge in [-0.05, 0) is 18.6 Å². The first kappa shape index (κ1) is 14.2. The monoisotopic (exact) mass is 265 g/mol. The number of nitrogens with one attached hydrogen (secondary N) is 1. The van der Waals surface area contributed by atoms with Gasteiger partial charge in [-0.25, -0.2) is 0 Å². The van der Waals surface area contributed by atoms with Crippen molar-refractivity contribution < 1.29 is 4.74 Å². The minimum Gasteiger partial charge on any atom is -0.481 e. The summed E-state index contributed by atoms with van der Waals surface area (Å²) in [6.45, 7) is 3.99. The normalized spacial score (nSPS) is 10.0. The van der Waals surface area contributed by atoms with E-state index in [4.69, 9.17) is 11.2 Å². The highest BCUT2D eigenvalue weighted by Gasteiger charge is 2.02. The van der Waals surface area contributed by atoms with Crippen LogP contribution >= 0.6 is 0 Å². The number of para-hydroxylation sites is 1. The van der Waals surface area contributed by atoms with Gasteiger partial charge in [0.25, 0.3) is 0 Å². The average molecular weight is 265 g/mol. The van der Waals surface area contributed by atoms with E-state index in [0.29, 0.717) is 6.61 Å². The smallest absolute Gasteiger partial charge is 0.148 e. The molecule has 2 rings (SSSR count). The van der Waals surface area contributed by atoms with E-state index >= 15 is 0 Å². The Hall–Kier alpha value is -2.24. The molecule has 1 N–H and O–H groups in total. The Balaban J connectivity index is 1.90. The van der Waals surface area contributed by atoms with Crippen molar-refractivity contribution in [3.8, 4) is 18.1 Å². The Morgan fingerprint density at radius 1 is 1.05 bits per heavy atom. The molecule has 2 heteroatoms. The fourth-order valence-corrected chi connectivity index (χ4v) is 1.96. The van der Waals surface area contributed by atoms with E-state index in [1.807, 2.05) is 24.3 Å². The molecule has 0 aliphatic heterocycles. The van der Waals surface area contributed by atoms with Crippen molar-refractivity contribution in [3.63, 3.8) is 0 Å². The molecule has 2 nitrogen and oxygen atoms in total. The fourth-order valence-electron chi connectivity index (χ4n) is 1.96. The first-order valence-corrected chi connectivity index (χ1v) is 6.70. The lowest BCUT2D eigenvalue weighted by Crippen LogP contribution is -2.13. The van der Waals surface area contributed by atoms with Crippen LogP contribution in [0, 0.1) is 19.3 Å². The minimum atomic E-state index is 0.301. The van der Waals surface area contributed by atoms with Crippen LogP contribution in [-0.2, 0) is 13.1 Å². The molecule has 0 aliphatic carbocycles. The largest absolute Gasteiger partial charge is 0.481 e. The summed E-state index contributed by atoms with van der Waals surface area (Å²) in [4.78, 5) is 0. The van der Waals surface area contributed by atoms with Crippen molar-refractivity contribution in [2.24, 2.45) is 0 Å². The van der Waals surface area contributed by atoms with Crippen molar-refractivity contribution in [1.29, 1.82) is 0 Å². The predicted molar refractivity (Wildman–Crippen MR) is 82.5 cm³/mol. The lowest BCUT2D eigenvalue weighted by atomic mass is 10.1. The summed E-state index contributed by atoms with van der Waals surface area (Å²) in [6, 6.07) is 16.5. The lowest BCUT2D eigenvalue weighted by Gasteiger charge is -2.10. The molecular weight excluding hydrogens is 246 g/mol. The van der Waals surface area contributed by atoms with Gasteiger partial charge < -0.3 is 10.1 Å². The molecule has 20 heavy (non-hydrogen) atoms. The van der Waals surface area contributed by atoms with Gasteiger partial charge >= 0.3 is 0 Å². The second-order valence-corrected chi connectivity index (χ2v) is 4.69. The highest BCUT2D eigenvalue weighted by molar-refractivity contribution is 5.33. The maximum atomic E-state index is 5.53. The number of aryl methyl sites for hydroxylation is 1. The second-order valence-electron chi connectivity index (χ2n) is 4.69. The van der Waals surface area contributed by atoms with Gasteiger partial charge in [-0.2, -0.15) is 0 Å². The molecule has 2 aromatic carbocycles. The molecule has 0 heterocycles.